The molecule has 0 aromatic heterocycles. The zero-order valence-corrected chi connectivity index (χ0v) is 20.1. The monoisotopic (exact) mass is 497 g/mol. The molecular formula is C21H24ClN3O5S2. The van der Waals surface area contributed by atoms with E-state index in [1.807, 2.05) is 24.5 Å². The van der Waals surface area contributed by atoms with Crippen molar-refractivity contribution in [2.24, 2.45) is 0 Å². The molecule has 0 spiro atoms. The number of carbonyl (C=O) groups excluding carboxylic acids is 2. The average molecular weight is 498 g/mol. The number of para-hydroxylation sites is 1. The Kier molecular flexibility index (Phi) is 8.18. The molecule has 1 aliphatic heterocycles. The summed E-state index contributed by atoms with van der Waals surface area (Å²) < 4.78 is 32.4. The highest BCUT2D eigenvalue weighted by molar-refractivity contribution is 7.98. The molecule has 11 heteroatoms. The number of rotatable bonds is 7. The van der Waals surface area contributed by atoms with Crippen molar-refractivity contribution in [2.75, 3.05) is 51.5 Å². The van der Waals surface area contributed by atoms with Crippen LogP contribution in [0.3, 0.4) is 0 Å². The molecule has 0 aliphatic carbocycles. The minimum Gasteiger partial charge on any atom is -0.379 e. The molecule has 2 aromatic carbocycles. The third-order valence-electron chi connectivity index (χ3n) is 4.88. The van der Waals surface area contributed by atoms with Crippen LogP contribution < -0.4 is 5.32 Å². The first-order valence-corrected chi connectivity index (χ1v) is 12.8. The van der Waals surface area contributed by atoms with E-state index in [0.717, 1.165) is 4.90 Å². The largest absolute Gasteiger partial charge is 0.379 e. The fraction of sp³-hybridized carbons (Fsp3) is 0.333. The van der Waals surface area contributed by atoms with E-state index in [2.05, 4.69) is 5.32 Å². The summed E-state index contributed by atoms with van der Waals surface area (Å²) in [5, 5.41) is 2.90. The second-order valence-corrected chi connectivity index (χ2v) is 10.3. The van der Waals surface area contributed by atoms with E-state index < -0.39 is 15.9 Å². The third kappa shape index (κ3) is 5.62. The molecular weight excluding hydrogens is 474 g/mol. The van der Waals surface area contributed by atoms with E-state index in [1.54, 1.807) is 6.07 Å². The standard InChI is InChI=1S/C21H24ClN3O5S2/c1-24(14-20(26)23-18-5-3-4-6-19(18)31-2)21(27)16-13-15(7-8-17(16)22)32(28,29)25-9-11-30-12-10-25/h3-8,13H,9-12,14H2,1-2H3,(H,23,26). The summed E-state index contributed by atoms with van der Waals surface area (Å²) in [6.07, 6.45) is 1.90. The topological polar surface area (TPSA) is 96.0 Å². The Balaban J connectivity index is 1.75. The predicted octanol–water partition coefficient (Wildman–Crippen LogP) is 2.79. The van der Waals surface area contributed by atoms with E-state index in [1.165, 1.54) is 46.2 Å². The van der Waals surface area contributed by atoms with Gasteiger partial charge in [-0.15, -0.1) is 11.8 Å². The smallest absolute Gasteiger partial charge is 0.255 e. The normalized spacial score (nSPS) is 14.7. The second-order valence-electron chi connectivity index (χ2n) is 7.07. The number of hydrogen-bond acceptors (Lipinski definition) is 6. The molecule has 32 heavy (non-hydrogen) atoms. The minimum absolute atomic E-state index is 0.0146. The number of morpholine rings is 1. The molecule has 8 nitrogen and oxygen atoms in total. The lowest BCUT2D eigenvalue weighted by Crippen LogP contribution is -2.40. The van der Waals surface area contributed by atoms with Crippen molar-refractivity contribution >= 4 is 50.9 Å². The molecule has 1 saturated heterocycles. The molecule has 0 unspecified atom stereocenters. The highest BCUT2D eigenvalue weighted by Gasteiger charge is 2.28. The Hall–Kier alpha value is -2.11. The van der Waals surface area contributed by atoms with Crippen molar-refractivity contribution < 1.29 is 22.7 Å². The van der Waals surface area contributed by atoms with Gasteiger partial charge in [-0.2, -0.15) is 4.31 Å². The molecule has 0 radical (unpaired) electrons. The van der Waals surface area contributed by atoms with Crippen molar-refractivity contribution in [3.8, 4) is 0 Å². The van der Waals surface area contributed by atoms with Gasteiger partial charge < -0.3 is 15.0 Å². The summed E-state index contributed by atoms with van der Waals surface area (Å²) in [7, 11) is -2.33. The first-order chi connectivity index (χ1) is 15.2. The maximum atomic E-state index is 13.0. The van der Waals surface area contributed by atoms with Crippen molar-refractivity contribution in [1.29, 1.82) is 0 Å². The summed E-state index contributed by atoms with van der Waals surface area (Å²) in [4.78, 5) is 27.5. The van der Waals surface area contributed by atoms with Crippen LogP contribution in [0.4, 0.5) is 5.69 Å². The van der Waals surface area contributed by atoms with Gasteiger partial charge in [0.2, 0.25) is 15.9 Å². The van der Waals surface area contributed by atoms with Crippen LogP contribution in [0.2, 0.25) is 5.02 Å². The number of thioether (sulfide) groups is 1. The third-order valence-corrected chi connectivity index (χ3v) is 7.90. The number of amides is 2. The Morgan fingerprint density at radius 2 is 1.88 bits per heavy atom. The highest BCUT2D eigenvalue weighted by atomic mass is 35.5. The molecule has 2 amide bonds. The molecule has 0 bridgehead atoms. The Bertz CT molecular complexity index is 1100. The number of nitrogens with zero attached hydrogens (tertiary/aromatic N) is 2. The number of halogens is 1. The molecule has 0 saturated carbocycles. The molecule has 1 aliphatic rings. The fourth-order valence-electron chi connectivity index (χ4n) is 3.20. The summed E-state index contributed by atoms with van der Waals surface area (Å²) in [5.41, 5.74) is 0.670. The SMILES string of the molecule is CSc1ccccc1NC(=O)CN(C)C(=O)c1cc(S(=O)(=O)N2CCOCC2)ccc1Cl. The molecule has 3 rings (SSSR count). The van der Waals surface area contributed by atoms with Crippen LogP contribution in [-0.2, 0) is 19.6 Å². The van der Waals surface area contributed by atoms with Crippen LogP contribution in [0.1, 0.15) is 10.4 Å². The number of anilines is 1. The van der Waals surface area contributed by atoms with Gasteiger partial charge in [-0.1, -0.05) is 23.7 Å². The summed E-state index contributed by atoms with van der Waals surface area (Å²) in [6.45, 7) is 0.891. The van der Waals surface area contributed by atoms with Gasteiger partial charge in [0.05, 0.1) is 40.9 Å². The molecule has 1 heterocycles. The lowest BCUT2D eigenvalue weighted by atomic mass is 10.2. The Morgan fingerprint density at radius 3 is 2.56 bits per heavy atom. The van der Waals surface area contributed by atoms with E-state index in [-0.39, 0.29) is 41.0 Å². The minimum atomic E-state index is -3.79. The van der Waals surface area contributed by atoms with Gasteiger partial charge in [0.15, 0.2) is 0 Å². The number of benzene rings is 2. The molecule has 1 fully saturated rings. The average Bonchev–Trinajstić information content (AvgIpc) is 2.79. The maximum absolute atomic E-state index is 13.0. The van der Waals surface area contributed by atoms with E-state index in [4.69, 9.17) is 16.3 Å². The maximum Gasteiger partial charge on any atom is 0.255 e. The number of sulfonamides is 1. The summed E-state index contributed by atoms with van der Waals surface area (Å²) in [5.74, 6) is -0.933. The van der Waals surface area contributed by atoms with Crippen molar-refractivity contribution in [3.63, 3.8) is 0 Å². The van der Waals surface area contributed by atoms with E-state index in [9.17, 15) is 18.0 Å². The van der Waals surface area contributed by atoms with E-state index >= 15 is 0 Å². The van der Waals surface area contributed by atoms with Crippen LogP contribution in [0.15, 0.2) is 52.3 Å². The first-order valence-electron chi connectivity index (χ1n) is 9.80. The van der Waals surface area contributed by atoms with Gasteiger partial charge in [0, 0.05) is 25.0 Å². The predicted molar refractivity (Wildman–Crippen MR) is 125 cm³/mol. The highest BCUT2D eigenvalue weighted by Crippen LogP contribution is 2.26. The lowest BCUT2D eigenvalue weighted by molar-refractivity contribution is -0.116. The number of ether oxygens (including phenoxy) is 1. The molecule has 172 valence electrons. The van der Waals surface area contributed by atoms with Gasteiger partial charge in [0.1, 0.15) is 0 Å². The number of carbonyl (C=O) groups is 2. The fourth-order valence-corrected chi connectivity index (χ4v) is 5.38. The van der Waals surface area contributed by atoms with Crippen molar-refractivity contribution in [3.05, 3.63) is 53.1 Å². The quantitative estimate of drug-likeness (QED) is 0.591. The number of nitrogens with one attached hydrogen (secondary N) is 1. The van der Waals surface area contributed by atoms with Crippen molar-refractivity contribution in [1.82, 2.24) is 9.21 Å². The zero-order valence-electron chi connectivity index (χ0n) is 17.7. The van der Waals surface area contributed by atoms with Crippen LogP contribution >= 0.6 is 23.4 Å². The van der Waals surface area contributed by atoms with Crippen LogP contribution in [-0.4, -0.2) is 75.6 Å². The Morgan fingerprint density at radius 1 is 1.19 bits per heavy atom. The number of hydrogen-bond donors (Lipinski definition) is 1. The van der Waals surface area contributed by atoms with Gasteiger partial charge >= 0.3 is 0 Å². The van der Waals surface area contributed by atoms with Gasteiger partial charge in [-0.25, -0.2) is 8.42 Å². The van der Waals surface area contributed by atoms with Gasteiger partial charge in [-0.05, 0) is 36.6 Å². The van der Waals surface area contributed by atoms with Crippen LogP contribution in [0.25, 0.3) is 0 Å². The molecule has 1 N–H and O–H groups in total. The van der Waals surface area contributed by atoms with Crippen LogP contribution in [0, 0.1) is 0 Å². The van der Waals surface area contributed by atoms with E-state index in [0.29, 0.717) is 18.9 Å². The second kappa shape index (κ2) is 10.7. The molecule has 0 atom stereocenters. The Labute approximate surface area is 196 Å². The number of likely N-dealkylation sites (N-methyl/N-ethyl adjacent to an activating group) is 1. The van der Waals surface area contributed by atoms with Crippen molar-refractivity contribution in [2.45, 2.75) is 9.79 Å². The van der Waals surface area contributed by atoms with Crippen LogP contribution in [0.5, 0.6) is 0 Å². The molecule has 2 aromatic rings. The van der Waals surface area contributed by atoms with Gasteiger partial charge in [0.25, 0.3) is 5.91 Å². The lowest BCUT2D eigenvalue weighted by Gasteiger charge is -2.26. The summed E-state index contributed by atoms with van der Waals surface area (Å²) >= 11 is 7.69. The zero-order chi connectivity index (χ0) is 23.3. The van der Waals surface area contributed by atoms with Gasteiger partial charge in [-0.3, -0.25) is 9.59 Å². The summed E-state index contributed by atoms with van der Waals surface area (Å²) in [6, 6.07) is 11.4. The first kappa shape index (κ1) is 24.5.